The van der Waals surface area contributed by atoms with Crippen LogP contribution in [0.3, 0.4) is 0 Å². The molecule has 0 atom stereocenters. The Morgan fingerprint density at radius 1 is 0.519 bits per heavy atom. The number of nitrogens with zero attached hydrogens (tertiary/aromatic N) is 2. The van der Waals surface area contributed by atoms with Crippen molar-refractivity contribution in [1.82, 2.24) is 4.48 Å². The average Bonchev–Trinajstić information content (AvgIpc) is 3.19. The molecule has 0 fully saturated rings. The quantitative estimate of drug-likeness (QED) is 0.0505. The van der Waals surface area contributed by atoms with Crippen molar-refractivity contribution in [3.8, 4) is 11.5 Å². The topological polar surface area (TPSA) is 61.6 Å². The van der Waals surface area contributed by atoms with Crippen LogP contribution in [0, 0.1) is 13.7 Å². The van der Waals surface area contributed by atoms with E-state index in [1.165, 1.54) is 5.56 Å². The summed E-state index contributed by atoms with van der Waals surface area (Å²) in [7, 11) is 0. The lowest BCUT2D eigenvalue weighted by molar-refractivity contribution is -0.384. The second-order valence-corrected chi connectivity index (χ2v) is 13.7. The van der Waals surface area contributed by atoms with Crippen LogP contribution < -0.4 is 14.0 Å². The van der Waals surface area contributed by atoms with Gasteiger partial charge >= 0.3 is 0 Å². The number of rotatable bonds is 13. The first-order chi connectivity index (χ1) is 25.5. The molecule has 0 saturated heterocycles. The van der Waals surface area contributed by atoms with Gasteiger partial charge in [-0.05, 0) is 75.7 Å². The Balaban J connectivity index is 1.39. The molecule has 0 bridgehead atoms. The van der Waals surface area contributed by atoms with Crippen LogP contribution in [0.15, 0.2) is 182 Å². The monoisotopic (exact) mass is 795 g/mol. The van der Waals surface area contributed by atoms with Crippen molar-refractivity contribution >= 4 is 51.0 Å². The number of non-ortho nitro benzene ring substituents is 1. The van der Waals surface area contributed by atoms with E-state index < -0.39 is 0 Å². The van der Waals surface area contributed by atoms with Crippen LogP contribution in [0.2, 0.25) is 0 Å². The lowest BCUT2D eigenvalue weighted by Gasteiger charge is -2.38. The minimum atomic E-state index is -0.359. The number of halogens is 1. The molecule has 0 N–H and O–H groups in total. The summed E-state index contributed by atoms with van der Waals surface area (Å²) < 4.78 is 13.7. The van der Waals surface area contributed by atoms with E-state index in [0.29, 0.717) is 19.6 Å². The molecule has 0 unspecified atom stereocenters. The van der Waals surface area contributed by atoms with Gasteiger partial charge in [0.05, 0.1) is 4.92 Å². The molecule has 0 aliphatic heterocycles. The molecule has 7 aromatic carbocycles. The third-order valence-electron chi connectivity index (χ3n) is 9.03. The number of hydrogen-bond acceptors (Lipinski definition) is 4. The van der Waals surface area contributed by atoms with E-state index in [1.54, 1.807) is 12.1 Å². The van der Waals surface area contributed by atoms with Crippen LogP contribution in [0.5, 0.6) is 11.5 Å². The maximum Gasteiger partial charge on any atom is 0.269 e. The summed E-state index contributed by atoms with van der Waals surface area (Å²) in [6, 6.07) is 60.4. The predicted octanol–water partition coefficient (Wildman–Crippen LogP) is 12.3. The van der Waals surface area contributed by atoms with Crippen LogP contribution in [-0.2, 0) is 19.6 Å². The Hall–Kier alpha value is -5.77. The van der Waals surface area contributed by atoms with E-state index in [2.05, 4.69) is 89.3 Å². The smallest absolute Gasteiger partial charge is 0.269 e. The highest BCUT2D eigenvalue weighted by atomic mass is 127. The maximum atomic E-state index is 11.8. The second kappa shape index (κ2) is 16.1. The van der Waals surface area contributed by atoms with Crippen LogP contribution >= 0.6 is 22.6 Å². The Morgan fingerprint density at radius 3 is 1.38 bits per heavy atom. The average molecular weight is 796 g/mol. The summed E-state index contributed by atoms with van der Waals surface area (Å²) in [5.41, 5.74) is 8.26. The molecule has 0 spiro atoms. The standard InChI is InChI=1S/C45H36IN2O4/c46-38-16-29-45(37(31-38)30-34-10-4-1-5-11-34)48(40-19-17-39(18-20-40)47(49)50,41-21-25-43(26-22-41)51-32-35-12-6-2-7-13-35)42-23-27-44(28-24-42)52-33-36-14-8-3-9-15-36/h1-29,31H,30,32-33H2/q+1. The zero-order chi connectivity index (χ0) is 35.8. The van der Waals surface area contributed by atoms with E-state index in [1.807, 2.05) is 103 Å². The molecular formula is C45H36IN2O4+. The van der Waals surface area contributed by atoms with Crippen molar-refractivity contribution in [2.24, 2.45) is 0 Å². The molecule has 7 rings (SSSR count). The molecule has 256 valence electrons. The zero-order valence-corrected chi connectivity index (χ0v) is 30.5. The van der Waals surface area contributed by atoms with Gasteiger partial charge in [0, 0.05) is 70.2 Å². The molecule has 0 aliphatic carbocycles. The van der Waals surface area contributed by atoms with E-state index in [4.69, 9.17) is 9.47 Å². The van der Waals surface area contributed by atoms with Crippen molar-refractivity contribution in [1.29, 1.82) is 0 Å². The third-order valence-corrected chi connectivity index (χ3v) is 9.70. The van der Waals surface area contributed by atoms with Gasteiger partial charge in [0.1, 0.15) is 41.8 Å². The number of benzene rings is 7. The van der Waals surface area contributed by atoms with Crippen molar-refractivity contribution in [3.63, 3.8) is 0 Å². The Kier molecular flexibility index (Phi) is 10.7. The molecule has 52 heavy (non-hydrogen) atoms. The molecule has 0 aliphatic rings. The molecule has 0 amide bonds. The predicted molar refractivity (Wildman–Crippen MR) is 217 cm³/mol. The largest absolute Gasteiger partial charge is 0.489 e. The summed E-state index contributed by atoms with van der Waals surface area (Å²) in [5, 5.41) is 11.8. The summed E-state index contributed by atoms with van der Waals surface area (Å²) in [5.74, 6) is 1.48. The van der Waals surface area contributed by atoms with E-state index >= 15 is 0 Å². The maximum absolute atomic E-state index is 11.8. The first kappa shape index (κ1) is 34.7. The Morgan fingerprint density at radius 2 is 0.942 bits per heavy atom. The highest BCUT2D eigenvalue weighted by molar-refractivity contribution is 14.1. The van der Waals surface area contributed by atoms with E-state index in [9.17, 15) is 10.1 Å². The summed E-state index contributed by atoms with van der Waals surface area (Å²) in [4.78, 5) is 11.5. The first-order valence-electron chi connectivity index (χ1n) is 17.0. The van der Waals surface area contributed by atoms with Gasteiger partial charge in [-0.15, -0.1) is 0 Å². The van der Waals surface area contributed by atoms with Crippen LogP contribution in [-0.4, -0.2) is 4.92 Å². The lowest BCUT2D eigenvalue weighted by atomic mass is 9.98. The summed E-state index contributed by atoms with van der Waals surface area (Å²) >= 11 is 2.37. The Bertz CT molecular complexity index is 2140. The molecule has 0 aromatic heterocycles. The van der Waals surface area contributed by atoms with Crippen LogP contribution in [0.4, 0.5) is 28.4 Å². The number of quaternary nitrogens is 1. The van der Waals surface area contributed by atoms with Crippen molar-refractivity contribution in [3.05, 3.63) is 218 Å². The van der Waals surface area contributed by atoms with E-state index in [0.717, 1.165) is 54.5 Å². The number of ether oxygens (including phenoxy) is 2. The number of hydrogen-bond donors (Lipinski definition) is 0. The Labute approximate surface area is 317 Å². The highest BCUT2D eigenvalue weighted by Gasteiger charge is 2.41. The van der Waals surface area contributed by atoms with Gasteiger partial charge < -0.3 is 9.47 Å². The molecule has 7 aromatic rings. The number of nitro groups is 1. The first-order valence-corrected chi connectivity index (χ1v) is 18.1. The summed E-state index contributed by atoms with van der Waals surface area (Å²) in [6.45, 7) is 0.899. The van der Waals surface area contributed by atoms with Gasteiger partial charge in [0.25, 0.3) is 5.69 Å². The SMILES string of the molecule is O=[N+]([O-])c1ccc([N+](c2ccc(OCc3ccccc3)cc2)(c2ccc(OCc3ccccc3)cc2)c2ccc(I)cc2Cc2ccccc2)cc1. The van der Waals surface area contributed by atoms with Crippen molar-refractivity contribution in [2.45, 2.75) is 19.6 Å². The molecule has 0 heterocycles. The van der Waals surface area contributed by atoms with Gasteiger partial charge in [0.2, 0.25) is 0 Å². The minimum absolute atomic E-state index is 0.0308. The summed E-state index contributed by atoms with van der Waals surface area (Å²) in [6.07, 6.45) is 0.691. The molecule has 0 saturated carbocycles. The van der Waals surface area contributed by atoms with E-state index in [-0.39, 0.29) is 15.1 Å². The lowest BCUT2D eigenvalue weighted by Crippen LogP contribution is -2.34. The van der Waals surface area contributed by atoms with Crippen LogP contribution in [0.25, 0.3) is 0 Å². The second-order valence-electron chi connectivity index (χ2n) is 12.4. The van der Waals surface area contributed by atoms with Gasteiger partial charge in [-0.25, -0.2) is 0 Å². The normalized spacial score (nSPS) is 11.2. The molecule has 7 heteroatoms. The van der Waals surface area contributed by atoms with Gasteiger partial charge in [-0.3, -0.25) is 10.1 Å². The fourth-order valence-corrected chi connectivity index (χ4v) is 7.07. The number of nitro benzene ring substituents is 1. The van der Waals surface area contributed by atoms with Gasteiger partial charge in [-0.1, -0.05) is 91.0 Å². The van der Waals surface area contributed by atoms with Crippen molar-refractivity contribution in [2.75, 3.05) is 0 Å². The van der Waals surface area contributed by atoms with Crippen molar-refractivity contribution < 1.29 is 14.4 Å². The fraction of sp³-hybridized carbons (Fsp3) is 0.0667. The third kappa shape index (κ3) is 7.76. The molecule has 6 nitrogen and oxygen atoms in total. The zero-order valence-electron chi connectivity index (χ0n) is 28.3. The minimum Gasteiger partial charge on any atom is -0.489 e. The van der Waals surface area contributed by atoms with Crippen LogP contribution in [0.1, 0.15) is 22.3 Å². The molecule has 0 radical (unpaired) electrons. The highest BCUT2D eigenvalue weighted by Crippen LogP contribution is 2.54. The fourth-order valence-electron chi connectivity index (χ4n) is 6.51. The van der Waals surface area contributed by atoms with Gasteiger partial charge in [0.15, 0.2) is 5.69 Å². The van der Waals surface area contributed by atoms with Gasteiger partial charge in [-0.2, -0.15) is 4.48 Å². The molecular weight excluding hydrogens is 759 g/mol.